The molecule has 0 amide bonds. The van der Waals surface area contributed by atoms with Crippen molar-refractivity contribution in [3.05, 3.63) is 112 Å². The Bertz CT molecular complexity index is 1210. The van der Waals surface area contributed by atoms with Crippen molar-refractivity contribution in [2.24, 2.45) is 0 Å². The van der Waals surface area contributed by atoms with Gasteiger partial charge in [-0.3, -0.25) is 4.98 Å². The molecular formula is C28H28BrFN2O. The SMILES string of the molecule is CN(C)CC(c1cccc(F)c1)C(O)C(Cc1ccccc1)c1ccc2cc(Br)ccc2n1. The van der Waals surface area contributed by atoms with E-state index in [1.807, 2.05) is 67.5 Å². The van der Waals surface area contributed by atoms with E-state index in [2.05, 4.69) is 34.1 Å². The van der Waals surface area contributed by atoms with Gasteiger partial charge in [0.1, 0.15) is 5.82 Å². The zero-order chi connectivity index (χ0) is 23.4. The molecule has 4 aromatic rings. The van der Waals surface area contributed by atoms with Crippen LogP contribution in [0.25, 0.3) is 10.9 Å². The van der Waals surface area contributed by atoms with Crippen molar-refractivity contribution in [2.75, 3.05) is 20.6 Å². The summed E-state index contributed by atoms with van der Waals surface area (Å²) in [6, 6.07) is 26.8. The summed E-state index contributed by atoms with van der Waals surface area (Å²) in [5.41, 5.74) is 3.64. The fraction of sp³-hybridized carbons (Fsp3) is 0.250. The molecule has 0 spiro atoms. The van der Waals surface area contributed by atoms with Gasteiger partial charge in [0.15, 0.2) is 0 Å². The van der Waals surface area contributed by atoms with Crippen LogP contribution in [-0.4, -0.2) is 41.7 Å². The lowest BCUT2D eigenvalue weighted by Crippen LogP contribution is -2.34. The normalized spacial score (nSPS) is 14.4. The van der Waals surface area contributed by atoms with Gasteiger partial charge in [-0.1, -0.05) is 64.5 Å². The molecule has 3 atom stereocenters. The Labute approximate surface area is 203 Å². The largest absolute Gasteiger partial charge is 0.392 e. The summed E-state index contributed by atoms with van der Waals surface area (Å²) in [5, 5.41) is 12.8. The Morgan fingerprint density at radius 3 is 2.42 bits per heavy atom. The molecular weight excluding hydrogens is 479 g/mol. The number of benzene rings is 3. The zero-order valence-corrected chi connectivity index (χ0v) is 20.4. The van der Waals surface area contributed by atoms with E-state index in [0.717, 1.165) is 32.2 Å². The van der Waals surface area contributed by atoms with E-state index in [-0.39, 0.29) is 17.7 Å². The summed E-state index contributed by atoms with van der Waals surface area (Å²) in [4.78, 5) is 6.97. The highest BCUT2D eigenvalue weighted by molar-refractivity contribution is 9.10. The molecule has 0 radical (unpaired) electrons. The third kappa shape index (κ3) is 5.85. The fourth-order valence-electron chi connectivity index (χ4n) is 4.41. The third-order valence-electron chi connectivity index (χ3n) is 6.01. The summed E-state index contributed by atoms with van der Waals surface area (Å²) in [6.07, 6.45) is -0.120. The molecule has 0 saturated heterocycles. The van der Waals surface area contributed by atoms with Crippen LogP contribution in [0.1, 0.15) is 28.7 Å². The average Bonchev–Trinajstić information content (AvgIpc) is 2.81. The lowest BCUT2D eigenvalue weighted by atomic mass is 9.80. The molecule has 1 aromatic heterocycles. The van der Waals surface area contributed by atoms with Crippen molar-refractivity contribution in [3.8, 4) is 0 Å². The second-order valence-corrected chi connectivity index (χ2v) is 9.70. The van der Waals surface area contributed by atoms with Gasteiger partial charge in [-0.25, -0.2) is 4.39 Å². The molecule has 1 N–H and O–H groups in total. The highest BCUT2D eigenvalue weighted by Gasteiger charge is 2.32. The predicted molar refractivity (Wildman–Crippen MR) is 136 cm³/mol. The molecule has 0 fully saturated rings. The summed E-state index contributed by atoms with van der Waals surface area (Å²) < 4.78 is 15.1. The van der Waals surface area contributed by atoms with Gasteiger partial charge in [0.2, 0.25) is 0 Å². The molecule has 3 nitrogen and oxygen atoms in total. The third-order valence-corrected chi connectivity index (χ3v) is 6.51. The van der Waals surface area contributed by atoms with Gasteiger partial charge in [-0.2, -0.15) is 0 Å². The number of rotatable bonds is 8. The zero-order valence-electron chi connectivity index (χ0n) is 18.8. The number of aromatic nitrogens is 1. The molecule has 5 heteroatoms. The number of hydrogen-bond acceptors (Lipinski definition) is 3. The number of hydrogen-bond donors (Lipinski definition) is 1. The summed E-state index contributed by atoms with van der Waals surface area (Å²) in [6.45, 7) is 0.594. The van der Waals surface area contributed by atoms with Crippen molar-refractivity contribution < 1.29 is 9.50 Å². The van der Waals surface area contributed by atoms with Gasteiger partial charge in [0.05, 0.1) is 11.6 Å². The van der Waals surface area contributed by atoms with Crippen LogP contribution in [-0.2, 0) is 6.42 Å². The standard InChI is InChI=1S/C28H28BrFN2O/c1-32(2)18-25(20-9-6-10-23(30)17-20)28(33)24(15-19-7-4-3-5-8-19)27-13-11-21-16-22(29)12-14-26(21)31-27/h3-14,16-17,24-25,28,33H,15,18H2,1-2H3. The Morgan fingerprint density at radius 1 is 0.909 bits per heavy atom. The Morgan fingerprint density at radius 2 is 1.70 bits per heavy atom. The maximum Gasteiger partial charge on any atom is 0.123 e. The van der Waals surface area contributed by atoms with Crippen molar-refractivity contribution in [1.82, 2.24) is 9.88 Å². The lowest BCUT2D eigenvalue weighted by molar-refractivity contribution is 0.0982. The predicted octanol–water partition coefficient (Wildman–Crippen LogP) is 6.17. The highest BCUT2D eigenvalue weighted by Crippen LogP contribution is 2.34. The maximum atomic E-state index is 14.1. The summed E-state index contributed by atoms with van der Waals surface area (Å²) in [7, 11) is 3.94. The molecule has 0 saturated carbocycles. The van der Waals surface area contributed by atoms with Crippen molar-refractivity contribution in [2.45, 2.75) is 24.4 Å². The second kappa shape index (κ2) is 10.6. The molecule has 0 aliphatic carbocycles. The number of nitrogens with zero attached hydrogens (tertiary/aromatic N) is 2. The van der Waals surface area contributed by atoms with Crippen LogP contribution in [0.2, 0.25) is 0 Å². The quantitative estimate of drug-likeness (QED) is 0.310. The van der Waals surface area contributed by atoms with Crippen LogP contribution in [0, 0.1) is 5.82 Å². The first-order chi connectivity index (χ1) is 15.9. The second-order valence-electron chi connectivity index (χ2n) is 8.78. The Balaban J connectivity index is 1.77. The fourth-order valence-corrected chi connectivity index (χ4v) is 4.79. The topological polar surface area (TPSA) is 36.4 Å². The van der Waals surface area contributed by atoms with Crippen LogP contribution < -0.4 is 0 Å². The highest BCUT2D eigenvalue weighted by atomic mass is 79.9. The molecule has 0 aliphatic heterocycles. The van der Waals surface area contributed by atoms with E-state index < -0.39 is 6.10 Å². The molecule has 33 heavy (non-hydrogen) atoms. The van der Waals surface area contributed by atoms with Crippen molar-refractivity contribution >= 4 is 26.8 Å². The van der Waals surface area contributed by atoms with Crippen LogP contribution >= 0.6 is 15.9 Å². The number of fused-ring (bicyclic) bond motifs is 1. The number of aliphatic hydroxyl groups is 1. The van der Waals surface area contributed by atoms with Gasteiger partial charge in [-0.15, -0.1) is 0 Å². The molecule has 1 heterocycles. The molecule has 170 valence electrons. The van der Waals surface area contributed by atoms with E-state index in [1.165, 1.54) is 12.1 Å². The van der Waals surface area contributed by atoms with E-state index in [1.54, 1.807) is 6.07 Å². The molecule has 3 aromatic carbocycles. The Hall–Kier alpha value is -2.60. The lowest BCUT2D eigenvalue weighted by Gasteiger charge is -2.32. The van der Waals surface area contributed by atoms with E-state index in [0.29, 0.717) is 13.0 Å². The summed E-state index contributed by atoms with van der Waals surface area (Å²) >= 11 is 3.52. The maximum absolute atomic E-state index is 14.1. The first kappa shape index (κ1) is 23.6. The monoisotopic (exact) mass is 506 g/mol. The molecule has 3 unspecified atom stereocenters. The van der Waals surface area contributed by atoms with Gasteiger partial charge < -0.3 is 10.0 Å². The number of aliphatic hydroxyl groups excluding tert-OH is 1. The minimum Gasteiger partial charge on any atom is -0.392 e. The van der Waals surface area contributed by atoms with Crippen LogP contribution in [0.15, 0.2) is 89.4 Å². The van der Waals surface area contributed by atoms with Gasteiger partial charge in [0.25, 0.3) is 0 Å². The average molecular weight is 507 g/mol. The first-order valence-electron chi connectivity index (χ1n) is 11.1. The van der Waals surface area contributed by atoms with Crippen LogP contribution in [0.3, 0.4) is 0 Å². The Kier molecular flexibility index (Phi) is 7.53. The number of halogens is 2. The van der Waals surface area contributed by atoms with Crippen molar-refractivity contribution in [3.63, 3.8) is 0 Å². The van der Waals surface area contributed by atoms with E-state index in [9.17, 15) is 9.50 Å². The number of pyridine rings is 1. The smallest absolute Gasteiger partial charge is 0.123 e. The molecule has 4 rings (SSSR count). The van der Waals surface area contributed by atoms with Crippen molar-refractivity contribution in [1.29, 1.82) is 0 Å². The minimum absolute atomic E-state index is 0.256. The molecule has 0 aliphatic rings. The molecule has 0 bridgehead atoms. The van der Waals surface area contributed by atoms with Crippen LogP contribution in [0.5, 0.6) is 0 Å². The summed E-state index contributed by atoms with van der Waals surface area (Å²) in [5.74, 6) is -0.821. The van der Waals surface area contributed by atoms with E-state index in [4.69, 9.17) is 4.98 Å². The van der Waals surface area contributed by atoms with Gasteiger partial charge in [0, 0.05) is 33.9 Å². The number of likely N-dealkylation sites (N-methyl/N-ethyl adjacent to an activating group) is 1. The van der Waals surface area contributed by atoms with Gasteiger partial charge >= 0.3 is 0 Å². The minimum atomic E-state index is -0.755. The first-order valence-corrected chi connectivity index (χ1v) is 11.9. The van der Waals surface area contributed by atoms with Crippen LogP contribution in [0.4, 0.5) is 4.39 Å². The van der Waals surface area contributed by atoms with Gasteiger partial charge in [-0.05, 0) is 68.0 Å². The van der Waals surface area contributed by atoms with E-state index >= 15 is 0 Å².